The minimum atomic E-state index is 0.148. The number of benzene rings is 1. The average molecular weight is 353 g/mol. The Hall–Kier alpha value is -1.04. The quantitative estimate of drug-likeness (QED) is 0.799. The molecule has 0 fully saturated rings. The van der Waals surface area contributed by atoms with Gasteiger partial charge in [-0.05, 0) is 37.4 Å². The van der Waals surface area contributed by atoms with Crippen LogP contribution in [-0.4, -0.2) is 24.9 Å². The van der Waals surface area contributed by atoms with Crippen LogP contribution in [0, 0.1) is 0 Å². The third-order valence-electron chi connectivity index (χ3n) is 2.91. The van der Waals surface area contributed by atoms with Crippen LogP contribution in [0.4, 0.5) is 0 Å². The standard InChI is InChI=1S/C15H17BrN2OS/c1-17-13(15-14(19-2)7-4-8-18-15)10-20-12-6-3-5-11(16)9-12/h3-9,13,17H,10H2,1-2H3. The molecule has 0 aliphatic heterocycles. The third-order valence-corrected chi connectivity index (χ3v) is 4.49. The molecule has 3 nitrogen and oxygen atoms in total. The summed E-state index contributed by atoms with van der Waals surface area (Å²) < 4.78 is 6.48. The number of ether oxygens (including phenoxy) is 1. The van der Waals surface area contributed by atoms with Gasteiger partial charge in [-0.2, -0.15) is 0 Å². The molecule has 2 aromatic rings. The van der Waals surface area contributed by atoms with Gasteiger partial charge in [-0.3, -0.25) is 4.98 Å². The number of halogens is 1. The van der Waals surface area contributed by atoms with E-state index in [1.807, 2.05) is 31.3 Å². The van der Waals surface area contributed by atoms with Crippen molar-refractivity contribution in [3.63, 3.8) is 0 Å². The Bertz CT molecular complexity index is 565. The molecule has 0 aliphatic carbocycles. The number of pyridine rings is 1. The molecule has 1 unspecified atom stereocenters. The molecule has 0 spiro atoms. The largest absolute Gasteiger partial charge is 0.495 e. The highest BCUT2D eigenvalue weighted by Crippen LogP contribution is 2.29. The van der Waals surface area contributed by atoms with Crippen LogP contribution in [0.1, 0.15) is 11.7 Å². The number of aromatic nitrogens is 1. The zero-order valence-electron chi connectivity index (χ0n) is 11.5. The zero-order valence-corrected chi connectivity index (χ0v) is 13.9. The first-order valence-electron chi connectivity index (χ1n) is 6.29. The van der Waals surface area contributed by atoms with E-state index in [0.29, 0.717) is 0 Å². The fourth-order valence-electron chi connectivity index (χ4n) is 1.87. The van der Waals surface area contributed by atoms with Crippen LogP contribution in [0.25, 0.3) is 0 Å². The molecule has 0 aliphatic rings. The number of thioether (sulfide) groups is 1. The summed E-state index contributed by atoms with van der Waals surface area (Å²) in [6.45, 7) is 0. The summed E-state index contributed by atoms with van der Waals surface area (Å²) >= 11 is 5.29. The molecule has 1 atom stereocenters. The minimum Gasteiger partial charge on any atom is -0.495 e. The van der Waals surface area contributed by atoms with Gasteiger partial charge in [0.05, 0.1) is 18.8 Å². The fraction of sp³-hybridized carbons (Fsp3) is 0.267. The van der Waals surface area contributed by atoms with Crippen LogP contribution in [0.3, 0.4) is 0 Å². The zero-order chi connectivity index (χ0) is 14.4. The number of hydrogen-bond donors (Lipinski definition) is 1. The highest BCUT2D eigenvalue weighted by molar-refractivity contribution is 9.10. The molecule has 0 radical (unpaired) electrons. The lowest BCUT2D eigenvalue weighted by atomic mass is 10.2. The van der Waals surface area contributed by atoms with Crippen LogP contribution in [0.15, 0.2) is 52.0 Å². The van der Waals surface area contributed by atoms with Crippen LogP contribution >= 0.6 is 27.7 Å². The molecule has 1 N–H and O–H groups in total. The number of hydrogen-bond acceptors (Lipinski definition) is 4. The monoisotopic (exact) mass is 352 g/mol. The molecule has 5 heteroatoms. The summed E-state index contributed by atoms with van der Waals surface area (Å²) in [6, 6.07) is 12.3. The summed E-state index contributed by atoms with van der Waals surface area (Å²) in [4.78, 5) is 5.67. The van der Waals surface area contributed by atoms with Gasteiger partial charge in [0.1, 0.15) is 5.75 Å². The van der Waals surface area contributed by atoms with Crippen molar-refractivity contribution in [1.82, 2.24) is 10.3 Å². The van der Waals surface area contributed by atoms with Gasteiger partial charge in [-0.15, -0.1) is 11.8 Å². The lowest BCUT2D eigenvalue weighted by molar-refractivity contribution is 0.400. The van der Waals surface area contributed by atoms with Crippen molar-refractivity contribution in [2.45, 2.75) is 10.9 Å². The highest BCUT2D eigenvalue weighted by Gasteiger charge is 2.16. The predicted octanol–water partition coefficient (Wildman–Crippen LogP) is 3.91. The molecule has 106 valence electrons. The van der Waals surface area contributed by atoms with Crippen molar-refractivity contribution in [2.75, 3.05) is 19.9 Å². The van der Waals surface area contributed by atoms with Crippen LogP contribution < -0.4 is 10.1 Å². The Morgan fingerprint density at radius 1 is 1.35 bits per heavy atom. The van der Waals surface area contributed by atoms with E-state index in [1.54, 1.807) is 25.1 Å². The summed E-state index contributed by atoms with van der Waals surface area (Å²) in [5, 5.41) is 3.30. The summed E-state index contributed by atoms with van der Waals surface area (Å²) in [6.07, 6.45) is 1.80. The van der Waals surface area contributed by atoms with Crippen molar-refractivity contribution in [2.24, 2.45) is 0 Å². The molecule has 0 saturated heterocycles. The highest BCUT2D eigenvalue weighted by atomic mass is 79.9. The lowest BCUT2D eigenvalue weighted by Crippen LogP contribution is -2.20. The summed E-state index contributed by atoms with van der Waals surface area (Å²) in [7, 11) is 3.62. The Balaban J connectivity index is 2.09. The van der Waals surface area contributed by atoms with Gasteiger partial charge in [0.15, 0.2) is 0 Å². The number of nitrogens with zero attached hydrogens (tertiary/aromatic N) is 1. The second kappa shape index (κ2) is 7.67. The van der Waals surface area contributed by atoms with Gasteiger partial charge in [0.25, 0.3) is 0 Å². The normalized spacial score (nSPS) is 12.2. The van der Waals surface area contributed by atoms with Gasteiger partial charge in [0, 0.05) is 21.3 Å². The molecule has 0 amide bonds. The van der Waals surface area contributed by atoms with Crippen LogP contribution in [-0.2, 0) is 0 Å². The molecule has 1 aromatic heterocycles. The Morgan fingerprint density at radius 3 is 2.90 bits per heavy atom. The van der Waals surface area contributed by atoms with Gasteiger partial charge in [0.2, 0.25) is 0 Å². The topological polar surface area (TPSA) is 34.2 Å². The maximum absolute atomic E-state index is 5.38. The van der Waals surface area contributed by atoms with Gasteiger partial charge in [-0.1, -0.05) is 22.0 Å². The van der Waals surface area contributed by atoms with Crippen LogP contribution in [0.5, 0.6) is 5.75 Å². The van der Waals surface area contributed by atoms with Crippen molar-refractivity contribution in [3.05, 3.63) is 52.8 Å². The lowest BCUT2D eigenvalue weighted by Gasteiger charge is -2.17. The second-order valence-corrected chi connectivity index (χ2v) is 6.21. The molecule has 0 bridgehead atoms. The number of nitrogens with one attached hydrogen (secondary N) is 1. The summed E-state index contributed by atoms with van der Waals surface area (Å²) in [5.74, 6) is 1.71. The van der Waals surface area contributed by atoms with E-state index in [0.717, 1.165) is 21.7 Å². The van der Waals surface area contributed by atoms with Gasteiger partial charge in [-0.25, -0.2) is 0 Å². The van der Waals surface area contributed by atoms with Crippen LogP contribution in [0.2, 0.25) is 0 Å². The maximum Gasteiger partial charge on any atom is 0.142 e. The van der Waals surface area contributed by atoms with Gasteiger partial charge >= 0.3 is 0 Å². The molecule has 1 heterocycles. The molecule has 20 heavy (non-hydrogen) atoms. The van der Waals surface area contributed by atoms with Crippen molar-refractivity contribution in [3.8, 4) is 5.75 Å². The smallest absolute Gasteiger partial charge is 0.142 e. The van der Waals surface area contributed by atoms with E-state index < -0.39 is 0 Å². The van der Waals surface area contributed by atoms with Crippen molar-refractivity contribution in [1.29, 1.82) is 0 Å². The maximum atomic E-state index is 5.38. The van der Waals surface area contributed by atoms with E-state index >= 15 is 0 Å². The first-order chi connectivity index (χ1) is 9.74. The van der Waals surface area contributed by atoms with E-state index in [9.17, 15) is 0 Å². The molecule has 1 aromatic carbocycles. The van der Waals surface area contributed by atoms with E-state index in [2.05, 4.69) is 38.4 Å². The van der Waals surface area contributed by atoms with Gasteiger partial charge < -0.3 is 10.1 Å². The average Bonchev–Trinajstić information content (AvgIpc) is 2.48. The van der Waals surface area contributed by atoms with E-state index in [-0.39, 0.29) is 6.04 Å². The Morgan fingerprint density at radius 2 is 2.20 bits per heavy atom. The Labute approximate surface area is 132 Å². The molecule has 2 rings (SSSR count). The summed E-state index contributed by atoms with van der Waals surface area (Å²) in [5.41, 5.74) is 0.944. The molecular formula is C15H17BrN2OS. The number of rotatable bonds is 6. The van der Waals surface area contributed by atoms with Crippen molar-refractivity contribution < 1.29 is 4.74 Å². The van der Waals surface area contributed by atoms with E-state index in [4.69, 9.17) is 4.74 Å². The fourth-order valence-corrected chi connectivity index (χ4v) is 3.49. The first kappa shape index (κ1) is 15.4. The Kier molecular flexibility index (Phi) is 5.88. The first-order valence-corrected chi connectivity index (χ1v) is 8.07. The molecule has 0 saturated carbocycles. The predicted molar refractivity (Wildman–Crippen MR) is 87.5 cm³/mol. The number of methoxy groups -OCH3 is 1. The van der Waals surface area contributed by atoms with Crippen molar-refractivity contribution >= 4 is 27.7 Å². The minimum absolute atomic E-state index is 0.148. The molecular weight excluding hydrogens is 336 g/mol. The van der Waals surface area contributed by atoms with E-state index in [1.165, 1.54) is 4.90 Å². The third kappa shape index (κ3) is 3.98. The SMILES string of the molecule is CNC(CSc1cccc(Br)c1)c1ncccc1OC. The second-order valence-electron chi connectivity index (χ2n) is 4.20.